The maximum absolute atomic E-state index is 12.5. The summed E-state index contributed by atoms with van der Waals surface area (Å²) < 4.78 is 5.15. The topological polar surface area (TPSA) is 89.0 Å². The molecule has 0 radical (unpaired) electrons. The molecule has 0 atom stereocenters. The molecule has 4 aromatic rings. The third-order valence-corrected chi connectivity index (χ3v) is 4.41. The molecule has 144 valence electrons. The third-order valence-electron chi connectivity index (χ3n) is 4.41. The molecule has 0 aliphatic carbocycles. The molecule has 0 aliphatic rings. The van der Waals surface area contributed by atoms with Gasteiger partial charge in [0.2, 0.25) is 0 Å². The lowest BCUT2D eigenvalue weighted by Gasteiger charge is -2.08. The summed E-state index contributed by atoms with van der Waals surface area (Å²) in [5, 5.41) is 15.1. The summed E-state index contributed by atoms with van der Waals surface area (Å²) in [6.45, 7) is 0.589. The molecule has 29 heavy (non-hydrogen) atoms. The molecule has 0 bridgehead atoms. The van der Waals surface area contributed by atoms with Gasteiger partial charge in [0, 0.05) is 18.1 Å². The van der Waals surface area contributed by atoms with Crippen molar-refractivity contribution >= 4 is 28.3 Å². The number of hydrogen-bond acceptors (Lipinski definition) is 6. The molecule has 2 aromatic heterocycles. The highest BCUT2D eigenvalue weighted by Gasteiger charge is 2.11. The van der Waals surface area contributed by atoms with Crippen molar-refractivity contribution in [2.75, 3.05) is 17.7 Å². The highest BCUT2D eigenvalue weighted by atomic mass is 16.5. The first-order valence-electron chi connectivity index (χ1n) is 9.08. The fraction of sp³-hybridized carbons (Fsp3) is 0.0909. The molecular formula is C22H19N5O2. The van der Waals surface area contributed by atoms with Gasteiger partial charge < -0.3 is 15.4 Å². The van der Waals surface area contributed by atoms with Gasteiger partial charge in [-0.25, -0.2) is 0 Å². The zero-order valence-corrected chi connectivity index (χ0v) is 15.8. The number of hydrogen-bond donors (Lipinski definition) is 2. The predicted molar refractivity (Wildman–Crippen MR) is 112 cm³/mol. The molecule has 2 N–H and O–H groups in total. The number of amides is 1. The number of rotatable bonds is 6. The van der Waals surface area contributed by atoms with Crippen LogP contribution in [0.5, 0.6) is 5.75 Å². The number of ether oxygens (including phenoxy) is 1. The van der Waals surface area contributed by atoms with Gasteiger partial charge in [0.25, 0.3) is 5.91 Å². The maximum atomic E-state index is 12.5. The molecule has 0 saturated heterocycles. The van der Waals surface area contributed by atoms with Crippen molar-refractivity contribution in [3.8, 4) is 5.75 Å². The van der Waals surface area contributed by atoms with Gasteiger partial charge in [0.15, 0.2) is 5.69 Å². The number of nitrogens with one attached hydrogen (secondary N) is 2. The summed E-state index contributed by atoms with van der Waals surface area (Å²) in [7, 11) is 1.64. The van der Waals surface area contributed by atoms with Crippen LogP contribution in [0.2, 0.25) is 0 Å². The Balaban J connectivity index is 1.41. The second-order valence-corrected chi connectivity index (χ2v) is 6.34. The van der Waals surface area contributed by atoms with Crippen LogP contribution in [0.1, 0.15) is 16.1 Å². The summed E-state index contributed by atoms with van der Waals surface area (Å²) in [6, 6.07) is 20.5. The normalized spacial score (nSPS) is 10.5. The Morgan fingerprint density at radius 3 is 2.55 bits per heavy atom. The summed E-state index contributed by atoms with van der Waals surface area (Å²) >= 11 is 0. The first kappa shape index (κ1) is 18.4. The van der Waals surface area contributed by atoms with E-state index in [1.807, 2.05) is 54.6 Å². The Morgan fingerprint density at radius 1 is 0.966 bits per heavy atom. The van der Waals surface area contributed by atoms with Gasteiger partial charge in [-0.1, -0.05) is 30.3 Å². The maximum Gasteiger partial charge on any atom is 0.276 e. The quantitative estimate of drug-likeness (QED) is 0.523. The lowest BCUT2D eigenvalue weighted by Crippen LogP contribution is -2.15. The minimum atomic E-state index is -0.336. The van der Waals surface area contributed by atoms with E-state index < -0.39 is 0 Å². The number of carbonyl (C=O) groups excluding carboxylic acids is 1. The highest BCUT2D eigenvalue weighted by molar-refractivity contribution is 6.07. The molecule has 0 unspecified atom stereocenters. The zero-order valence-electron chi connectivity index (χ0n) is 15.8. The largest absolute Gasteiger partial charge is 0.497 e. The number of nitrogens with zero attached hydrogens (tertiary/aromatic N) is 3. The first-order chi connectivity index (χ1) is 14.2. The summed E-state index contributed by atoms with van der Waals surface area (Å²) in [5.41, 5.74) is 2.68. The van der Waals surface area contributed by atoms with Crippen molar-refractivity contribution in [3.05, 3.63) is 84.2 Å². The lowest BCUT2D eigenvalue weighted by molar-refractivity contribution is 0.102. The van der Waals surface area contributed by atoms with Gasteiger partial charge in [0.1, 0.15) is 11.6 Å². The number of fused-ring (bicyclic) bond motifs is 1. The van der Waals surface area contributed by atoms with E-state index >= 15 is 0 Å². The first-order valence-corrected chi connectivity index (χ1v) is 9.08. The van der Waals surface area contributed by atoms with Crippen LogP contribution in [0.4, 0.5) is 11.5 Å². The Kier molecular flexibility index (Phi) is 5.29. The summed E-state index contributed by atoms with van der Waals surface area (Å²) in [6.07, 6.45) is 1.70. The van der Waals surface area contributed by atoms with Gasteiger partial charge in [0.05, 0.1) is 18.3 Å². The average Bonchev–Trinajstić information content (AvgIpc) is 2.78. The van der Waals surface area contributed by atoms with Crippen LogP contribution >= 0.6 is 0 Å². The van der Waals surface area contributed by atoms with Crippen LogP contribution < -0.4 is 15.4 Å². The van der Waals surface area contributed by atoms with Crippen molar-refractivity contribution < 1.29 is 9.53 Å². The van der Waals surface area contributed by atoms with E-state index in [4.69, 9.17) is 4.74 Å². The molecule has 0 fully saturated rings. The van der Waals surface area contributed by atoms with Crippen molar-refractivity contribution in [1.82, 2.24) is 15.2 Å². The second kappa shape index (κ2) is 8.35. The van der Waals surface area contributed by atoms with Gasteiger partial charge in [-0.2, -0.15) is 0 Å². The van der Waals surface area contributed by atoms with E-state index in [2.05, 4.69) is 25.8 Å². The SMILES string of the molecule is COc1ccc(CNc2ccc(C(=O)Nc3cccc4cccnc34)nn2)cc1. The highest BCUT2D eigenvalue weighted by Crippen LogP contribution is 2.21. The van der Waals surface area contributed by atoms with Crippen LogP contribution in [0, 0.1) is 0 Å². The van der Waals surface area contributed by atoms with Crippen molar-refractivity contribution in [2.45, 2.75) is 6.54 Å². The Hall–Kier alpha value is -4.00. The monoisotopic (exact) mass is 385 g/mol. The van der Waals surface area contributed by atoms with Crippen molar-refractivity contribution in [3.63, 3.8) is 0 Å². The van der Waals surface area contributed by atoms with E-state index in [1.165, 1.54) is 0 Å². The molecule has 4 rings (SSSR count). The number of methoxy groups -OCH3 is 1. The van der Waals surface area contributed by atoms with Crippen LogP contribution in [0.3, 0.4) is 0 Å². The number of para-hydroxylation sites is 1. The molecule has 2 aromatic carbocycles. The van der Waals surface area contributed by atoms with E-state index in [-0.39, 0.29) is 11.6 Å². The summed E-state index contributed by atoms with van der Waals surface area (Å²) in [4.78, 5) is 16.9. The Labute approximate surface area is 167 Å². The molecular weight excluding hydrogens is 366 g/mol. The van der Waals surface area contributed by atoms with Crippen LogP contribution in [-0.2, 0) is 6.54 Å². The van der Waals surface area contributed by atoms with Crippen LogP contribution in [0.25, 0.3) is 10.9 Å². The fourth-order valence-corrected chi connectivity index (χ4v) is 2.88. The minimum Gasteiger partial charge on any atom is -0.497 e. The van der Waals surface area contributed by atoms with E-state index in [1.54, 1.807) is 25.4 Å². The molecule has 0 aliphatic heterocycles. The van der Waals surface area contributed by atoms with E-state index in [0.717, 1.165) is 22.2 Å². The molecule has 7 nitrogen and oxygen atoms in total. The minimum absolute atomic E-state index is 0.230. The fourth-order valence-electron chi connectivity index (χ4n) is 2.88. The molecule has 1 amide bonds. The molecule has 7 heteroatoms. The van der Waals surface area contributed by atoms with Crippen molar-refractivity contribution in [1.29, 1.82) is 0 Å². The number of benzene rings is 2. The molecule has 2 heterocycles. The number of aromatic nitrogens is 3. The lowest BCUT2D eigenvalue weighted by atomic mass is 10.2. The molecule has 0 saturated carbocycles. The van der Waals surface area contributed by atoms with Crippen LogP contribution in [-0.4, -0.2) is 28.2 Å². The summed E-state index contributed by atoms with van der Waals surface area (Å²) in [5.74, 6) is 1.06. The Morgan fingerprint density at radius 2 is 1.79 bits per heavy atom. The predicted octanol–water partition coefficient (Wildman–Crippen LogP) is 3.90. The average molecular weight is 385 g/mol. The van der Waals surface area contributed by atoms with Crippen molar-refractivity contribution in [2.24, 2.45) is 0 Å². The zero-order chi connectivity index (χ0) is 20.1. The number of pyridine rings is 1. The Bertz CT molecular complexity index is 1120. The van der Waals surface area contributed by atoms with E-state index in [9.17, 15) is 4.79 Å². The standard InChI is InChI=1S/C22H19N5O2/c1-29-17-9-7-15(8-10-17)14-24-20-12-11-19(26-27-20)22(28)25-18-6-2-4-16-5-3-13-23-21(16)18/h2-13H,14H2,1H3,(H,24,27)(H,25,28). The van der Waals surface area contributed by atoms with Gasteiger partial charge in [-0.3, -0.25) is 9.78 Å². The smallest absolute Gasteiger partial charge is 0.276 e. The number of anilines is 2. The molecule has 0 spiro atoms. The van der Waals surface area contributed by atoms with Gasteiger partial charge in [-0.15, -0.1) is 10.2 Å². The van der Waals surface area contributed by atoms with Crippen LogP contribution in [0.15, 0.2) is 72.9 Å². The van der Waals surface area contributed by atoms with Gasteiger partial charge in [-0.05, 0) is 42.0 Å². The van der Waals surface area contributed by atoms with Gasteiger partial charge >= 0.3 is 0 Å². The second-order valence-electron chi connectivity index (χ2n) is 6.34. The number of carbonyl (C=O) groups is 1. The van der Waals surface area contributed by atoms with E-state index in [0.29, 0.717) is 18.1 Å². The third kappa shape index (κ3) is 4.30.